The van der Waals surface area contributed by atoms with Gasteiger partial charge in [-0.15, -0.1) is 22.7 Å². The first-order valence-corrected chi connectivity index (χ1v) is 8.62. The summed E-state index contributed by atoms with van der Waals surface area (Å²) in [6.07, 6.45) is 2.22. The maximum atomic E-state index is 4.80. The number of rotatable bonds is 6. The smallest absolute Gasteiger partial charge is 0.133 e. The summed E-state index contributed by atoms with van der Waals surface area (Å²) in [5.41, 5.74) is 1.27. The van der Waals surface area contributed by atoms with Crippen molar-refractivity contribution in [2.24, 2.45) is 0 Å². The van der Waals surface area contributed by atoms with Crippen molar-refractivity contribution in [1.82, 2.24) is 10.3 Å². The molecule has 0 saturated carbocycles. The summed E-state index contributed by atoms with van der Waals surface area (Å²) in [5.74, 6) is 0. The summed E-state index contributed by atoms with van der Waals surface area (Å²) in [6.45, 7) is 6.29. The number of aryl methyl sites for hydroxylation is 1. The average molecular weight is 345 g/mol. The van der Waals surface area contributed by atoms with Crippen molar-refractivity contribution >= 4 is 38.6 Å². The number of thiophene rings is 1. The Bertz CT molecular complexity index is 505. The minimum atomic E-state index is 0.941. The molecule has 0 amide bonds. The van der Waals surface area contributed by atoms with Gasteiger partial charge < -0.3 is 5.32 Å². The molecule has 0 bridgehead atoms. The number of hydrogen-bond donors (Lipinski definition) is 1. The molecule has 2 aromatic heterocycles. The van der Waals surface area contributed by atoms with Gasteiger partial charge in [-0.2, -0.15) is 0 Å². The highest BCUT2D eigenvalue weighted by Crippen LogP contribution is 2.35. The number of nitrogens with one attached hydrogen (secondary N) is 1. The fourth-order valence-electron chi connectivity index (χ4n) is 1.73. The van der Waals surface area contributed by atoms with E-state index in [1.54, 1.807) is 11.3 Å². The van der Waals surface area contributed by atoms with Crippen LogP contribution in [0.1, 0.15) is 30.8 Å². The minimum absolute atomic E-state index is 0.941. The highest BCUT2D eigenvalue weighted by Gasteiger charge is 2.12. The molecule has 0 unspecified atom stereocenters. The molecule has 98 valence electrons. The van der Waals surface area contributed by atoms with Gasteiger partial charge >= 0.3 is 0 Å². The van der Waals surface area contributed by atoms with Crippen LogP contribution in [0.2, 0.25) is 0 Å². The van der Waals surface area contributed by atoms with Gasteiger partial charge in [-0.1, -0.05) is 20.3 Å². The fraction of sp³-hybridized carbons (Fsp3) is 0.462. The first kappa shape index (κ1) is 14.2. The number of halogens is 1. The van der Waals surface area contributed by atoms with E-state index in [1.807, 2.05) is 11.3 Å². The zero-order chi connectivity index (χ0) is 13.0. The molecule has 0 atom stereocenters. The summed E-state index contributed by atoms with van der Waals surface area (Å²) in [5, 5.41) is 4.55. The number of thiazole rings is 1. The van der Waals surface area contributed by atoms with Gasteiger partial charge in [-0.05, 0) is 41.0 Å². The van der Waals surface area contributed by atoms with Crippen LogP contribution in [0, 0.1) is 0 Å². The molecule has 0 saturated heterocycles. The highest BCUT2D eigenvalue weighted by molar-refractivity contribution is 9.11. The van der Waals surface area contributed by atoms with Crippen molar-refractivity contribution in [3.05, 3.63) is 26.5 Å². The Morgan fingerprint density at radius 2 is 2.11 bits per heavy atom. The third kappa shape index (κ3) is 3.41. The molecular weight excluding hydrogens is 328 g/mol. The molecule has 2 rings (SSSR count). The second kappa shape index (κ2) is 6.80. The molecule has 0 aromatic carbocycles. The van der Waals surface area contributed by atoms with Crippen LogP contribution in [-0.2, 0) is 13.0 Å². The quantitative estimate of drug-likeness (QED) is 0.821. The lowest BCUT2D eigenvalue weighted by molar-refractivity contribution is 0.723. The molecule has 0 fully saturated rings. The van der Waals surface area contributed by atoms with E-state index in [1.165, 1.54) is 15.4 Å². The molecule has 0 radical (unpaired) electrons. The zero-order valence-corrected chi connectivity index (χ0v) is 13.8. The van der Waals surface area contributed by atoms with Crippen LogP contribution >= 0.6 is 38.6 Å². The Morgan fingerprint density at radius 1 is 1.28 bits per heavy atom. The summed E-state index contributed by atoms with van der Waals surface area (Å²) in [6, 6.07) is 4.23. The van der Waals surface area contributed by atoms with E-state index in [0.717, 1.165) is 34.7 Å². The predicted molar refractivity (Wildman–Crippen MR) is 84.5 cm³/mol. The molecule has 0 aliphatic heterocycles. The van der Waals surface area contributed by atoms with E-state index in [4.69, 9.17) is 4.98 Å². The monoisotopic (exact) mass is 344 g/mol. The van der Waals surface area contributed by atoms with Gasteiger partial charge in [-0.3, -0.25) is 0 Å². The lowest BCUT2D eigenvalue weighted by atomic mass is 10.2. The third-order valence-corrected chi connectivity index (χ3v) is 5.48. The van der Waals surface area contributed by atoms with Crippen LogP contribution < -0.4 is 5.32 Å². The summed E-state index contributed by atoms with van der Waals surface area (Å²) >= 11 is 7.08. The third-order valence-electron chi connectivity index (χ3n) is 2.58. The van der Waals surface area contributed by atoms with Crippen LogP contribution in [-0.4, -0.2) is 11.5 Å². The van der Waals surface area contributed by atoms with Gasteiger partial charge in [0, 0.05) is 11.4 Å². The Balaban J connectivity index is 2.26. The SMILES string of the molecule is CCCc1nc(-c2ccc(Br)s2)sc1CNCC. The maximum Gasteiger partial charge on any atom is 0.133 e. The van der Waals surface area contributed by atoms with Crippen LogP contribution in [0.25, 0.3) is 9.88 Å². The molecule has 2 nitrogen and oxygen atoms in total. The topological polar surface area (TPSA) is 24.9 Å². The molecule has 18 heavy (non-hydrogen) atoms. The van der Waals surface area contributed by atoms with E-state index in [-0.39, 0.29) is 0 Å². The molecule has 2 aromatic rings. The zero-order valence-electron chi connectivity index (χ0n) is 10.6. The van der Waals surface area contributed by atoms with E-state index in [9.17, 15) is 0 Å². The minimum Gasteiger partial charge on any atom is -0.312 e. The van der Waals surface area contributed by atoms with Crippen molar-refractivity contribution in [2.75, 3.05) is 6.54 Å². The maximum absolute atomic E-state index is 4.80. The van der Waals surface area contributed by atoms with Crippen LogP contribution in [0.5, 0.6) is 0 Å². The molecular formula is C13H17BrN2S2. The Hall–Kier alpha value is -0.230. The lowest BCUT2D eigenvalue weighted by Crippen LogP contribution is -2.11. The second-order valence-electron chi connectivity index (χ2n) is 4.02. The number of nitrogens with zero attached hydrogens (tertiary/aromatic N) is 1. The van der Waals surface area contributed by atoms with E-state index < -0.39 is 0 Å². The molecule has 1 N–H and O–H groups in total. The van der Waals surface area contributed by atoms with E-state index in [0.29, 0.717) is 0 Å². The standard InChI is InChI=1S/C13H17BrN2S2/c1-3-5-9-11(8-15-4-2)18-13(16-9)10-6-7-12(14)17-10/h6-7,15H,3-5,8H2,1-2H3. The Labute approximate surface area is 125 Å². The largest absolute Gasteiger partial charge is 0.312 e. The molecule has 2 heterocycles. The first-order chi connectivity index (χ1) is 8.74. The Kier molecular flexibility index (Phi) is 5.36. The number of hydrogen-bond acceptors (Lipinski definition) is 4. The fourth-order valence-corrected chi connectivity index (χ4v) is 4.24. The van der Waals surface area contributed by atoms with Crippen LogP contribution in [0.3, 0.4) is 0 Å². The van der Waals surface area contributed by atoms with Gasteiger partial charge in [0.25, 0.3) is 0 Å². The summed E-state index contributed by atoms with van der Waals surface area (Å²) < 4.78 is 1.16. The van der Waals surface area contributed by atoms with E-state index in [2.05, 4.69) is 47.2 Å². The van der Waals surface area contributed by atoms with Crippen LogP contribution in [0.4, 0.5) is 0 Å². The molecule has 5 heteroatoms. The molecule has 0 aliphatic carbocycles. The average Bonchev–Trinajstić information content (AvgIpc) is 2.94. The summed E-state index contributed by atoms with van der Waals surface area (Å²) in [4.78, 5) is 7.45. The van der Waals surface area contributed by atoms with Crippen molar-refractivity contribution in [2.45, 2.75) is 33.2 Å². The molecule has 0 spiro atoms. The van der Waals surface area contributed by atoms with Crippen molar-refractivity contribution in [3.63, 3.8) is 0 Å². The van der Waals surface area contributed by atoms with Gasteiger partial charge in [0.05, 0.1) is 14.4 Å². The predicted octanol–water partition coefficient (Wildman–Crippen LogP) is 4.70. The Morgan fingerprint density at radius 3 is 2.72 bits per heavy atom. The summed E-state index contributed by atoms with van der Waals surface area (Å²) in [7, 11) is 0. The van der Waals surface area contributed by atoms with Gasteiger partial charge in [0.1, 0.15) is 5.01 Å². The molecule has 0 aliphatic rings. The van der Waals surface area contributed by atoms with Crippen molar-refractivity contribution < 1.29 is 0 Å². The van der Waals surface area contributed by atoms with Gasteiger partial charge in [-0.25, -0.2) is 4.98 Å². The van der Waals surface area contributed by atoms with Crippen molar-refractivity contribution in [1.29, 1.82) is 0 Å². The van der Waals surface area contributed by atoms with E-state index >= 15 is 0 Å². The first-order valence-electron chi connectivity index (χ1n) is 6.19. The van der Waals surface area contributed by atoms with Gasteiger partial charge in [0.15, 0.2) is 0 Å². The second-order valence-corrected chi connectivity index (χ2v) is 7.57. The lowest BCUT2D eigenvalue weighted by Gasteiger charge is -2.00. The van der Waals surface area contributed by atoms with Crippen LogP contribution in [0.15, 0.2) is 15.9 Å². The van der Waals surface area contributed by atoms with Crippen molar-refractivity contribution in [3.8, 4) is 9.88 Å². The highest BCUT2D eigenvalue weighted by atomic mass is 79.9. The normalized spacial score (nSPS) is 11.1. The number of aromatic nitrogens is 1. The van der Waals surface area contributed by atoms with Gasteiger partial charge in [0.2, 0.25) is 0 Å².